The maximum atomic E-state index is 5.90. The zero-order valence-corrected chi connectivity index (χ0v) is 85.3. The number of rotatable bonds is 35. The molecule has 0 N–H and O–H groups in total. The van der Waals surface area contributed by atoms with E-state index >= 15 is 0 Å². The normalized spacial score (nSPS) is 11.9. The van der Waals surface area contributed by atoms with E-state index in [9.17, 15) is 0 Å². The number of fused-ring (bicyclic) bond motifs is 6. The predicted octanol–water partition coefficient (Wildman–Crippen LogP) is 22.1. The van der Waals surface area contributed by atoms with Crippen molar-refractivity contribution < 1.29 is 28.4 Å². The van der Waals surface area contributed by atoms with Gasteiger partial charge in [-0.05, 0) is 227 Å². The Morgan fingerprint density at radius 3 is 1.11 bits per heavy atom. The maximum Gasteiger partial charge on any atom is 0.146 e. The Hall–Kier alpha value is -14.1. The lowest BCUT2D eigenvalue weighted by Crippen LogP contribution is -2.19. The van der Waals surface area contributed by atoms with Crippen LogP contribution in [0.15, 0.2) is 304 Å². The van der Waals surface area contributed by atoms with E-state index in [2.05, 4.69) is 136 Å². The molecule has 0 saturated carbocycles. The molecule has 6 aromatic carbocycles. The highest BCUT2D eigenvalue weighted by Crippen LogP contribution is 2.33. The molecule has 0 aliphatic heterocycles. The minimum atomic E-state index is 0.534. The number of thiazole rings is 5. The number of aromatic nitrogens is 12. The Kier molecular flexibility index (Phi) is 40.1. The number of ether oxygens (including phenoxy) is 6. The van der Waals surface area contributed by atoms with Gasteiger partial charge in [-0.25, -0.2) is 24.9 Å². The standard InChI is InChI=1S/2C19H22N4OS.2C18H19N3O2S.C17H18N4S.C17H15N3/c1-14(15-7-4-5-10-20-15)21-13-18-22-19-16(24-12-11-23(2)3)8-6-9-17(19)25-18;1-14(16-6-4-5-9-20-16)21-13-19-22-17-8-7-15(12-18(17)25-19)24-11-10-23(2)3;1-13(15-5-3-4-8-19-15)20-12-18-21-16-11-14(23-10-9-22-2)6-7-17(16)24-18;1-13(15-5-3-4-8-19-15)20-12-18-21-16-7-6-14(11-17(16)24-18)23-10-9-22-2;1-12(15-10-13(21(2)3)8-9-18-15)19-11-17-20-14-6-4-5-7-16(14)22-17;1-13(16-7-4-5-11-18-16)19-12-15-10-9-14-6-2-3-8-17(14)20-15/h4-10H,11-13H2,1-3H3;4-9,12H,10-11,13H2,1-3H3;2*3-8,11H,9-10,12H2,1-2H3;4-10H,11H2,1-3H3;2-11H,12H2,1H3. The van der Waals surface area contributed by atoms with E-state index in [1.54, 1.807) is 102 Å². The lowest BCUT2D eigenvalue weighted by atomic mass is 10.2. The molecule has 12 aromatic heterocycles. The summed E-state index contributed by atoms with van der Waals surface area (Å²) in [4.78, 5) is 87.7. The fourth-order valence-electron chi connectivity index (χ4n) is 13.2. The second kappa shape index (κ2) is 54.3. The fourth-order valence-corrected chi connectivity index (χ4v) is 17.7. The first-order valence-corrected chi connectivity index (χ1v) is 49.6. The lowest BCUT2D eigenvalue weighted by Gasteiger charge is -2.12. The van der Waals surface area contributed by atoms with Crippen molar-refractivity contribution in [1.29, 1.82) is 0 Å². The van der Waals surface area contributed by atoms with Crippen LogP contribution in [0.25, 0.3) is 62.0 Å². The van der Waals surface area contributed by atoms with Crippen molar-refractivity contribution in [2.24, 2.45) is 30.0 Å². The largest absolute Gasteiger partial charge is 0.492 e. The van der Waals surface area contributed by atoms with Gasteiger partial charge < -0.3 is 43.1 Å². The summed E-state index contributed by atoms with van der Waals surface area (Å²) in [5, 5.41) is 6.12. The van der Waals surface area contributed by atoms with E-state index in [1.807, 2.05) is 290 Å². The Labute approximate surface area is 837 Å². The molecule has 0 atom stereocenters. The van der Waals surface area contributed by atoms with E-state index in [1.165, 1.54) is 4.70 Å². The minimum absolute atomic E-state index is 0.534. The van der Waals surface area contributed by atoms with Crippen LogP contribution >= 0.6 is 56.7 Å². The molecule has 18 aromatic rings. The predicted molar refractivity (Wildman–Crippen MR) is 578 cm³/mol. The van der Waals surface area contributed by atoms with Crippen LogP contribution in [-0.4, -0.2) is 213 Å². The molecule has 12 heterocycles. The molecule has 0 unspecified atom stereocenters. The first-order chi connectivity index (χ1) is 68.2. The van der Waals surface area contributed by atoms with Crippen LogP contribution in [0.4, 0.5) is 5.69 Å². The Morgan fingerprint density at radius 2 is 0.650 bits per heavy atom. The smallest absolute Gasteiger partial charge is 0.146 e. The van der Waals surface area contributed by atoms with Gasteiger partial charge in [-0.3, -0.25) is 64.8 Å². The molecule has 0 bridgehead atoms. The summed E-state index contributed by atoms with van der Waals surface area (Å²) in [5.74, 6) is 3.37. The number of anilines is 1. The van der Waals surface area contributed by atoms with Crippen molar-refractivity contribution in [2.75, 3.05) is 114 Å². The van der Waals surface area contributed by atoms with Crippen molar-refractivity contribution in [1.82, 2.24) is 69.6 Å². The number of hydrogen-bond acceptors (Lipinski definition) is 32. The Bertz CT molecular complexity index is 6960. The number of likely N-dealkylation sites (N-methyl/N-ethyl adjacent to an activating group) is 2. The van der Waals surface area contributed by atoms with Gasteiger partial charge in [0.15, 0.2) is 0 Å². The highest BCUT2D eigenvalue weighted by Gasteiger charge is 2.15. The summed E-state index contributed by atoms with van der Waals surface area (Å²) in [6.45, 7) is 20.6. The van der Waals surface area contributed by atoms with Crippen LogP contribution in [0, 0.1) is 0 Å². The highest BCUT2D eigenvalue weighted by atomic mass is 32.1. The molecule has 140 heavy (non-hydrogen) atoms. The van der Waals surface area contributed by atoms with Gasteiger partial charge in [0.2, 0.25) is 0 Å². The minimum Gasteiger partial charge on any atom is -0.492 e. The molecule has 0 spiro atoms. The van der Waals surface area contributed by atoms with Gasteiger partial charge in [-0.1, -0.05) is 72.8 Å². The van der Waals surface area contributed by atoms with Gasteiger partial charge in [0.1, 0.15) is 80.0 Å². The molecular weight excluding hydrogens is 1850 g/mol. The second-order valence-corrected chi connectivity index (χ2v) is 37.8. The Balaban J connectivity index is 0.000000142. The van der Waals surface area contributed by atoms with Crippen LogP contribution in [0.2, 0.25) is 0 Å². The second-order valence-electron chi connectivity index (χ2n) is 32.3. The van der Waals surface area contributed by atoms with Gasteiger partial charge in [0, 0.05) is 95.7 Å². The van der Waals surface area contributed by atoms with Gasteiger partial charge in [0.25, 0.3) is 0 Å². The third kappa shape index (κ3) is 32.5. The molecule has 27 nitrogen and oxygen atoms in total. The van der Waals surface area contributed by atoms with E-state index in [4.69, 9.17) is 33.4 Å². The third-order valence-corrected chi connectivity index (χ3v) is 25.9. The molecule has 18 rings (SSSR count). The third-order valence-electron chi connectivity index (χ3n) is 20.9. The highest BCUT2D eigenvalue weighted by molar-refractivity contribution is 7.20. The zero-order valence-electron chi connectivity index (χ0n) is 81.3. The maximum absolute atomic E-state index is 5.90. The monoisotopic (exact) mass is 1960 g/mol. The quantitative estimate of drug-likeness (QED) is 0.0263. The summed E-state index contributed by atoms with van der Waals surface area (Å²) < 4.78 is 38.6. The Morgan fingerprint density at radius 1 is 0.279 bits per heavy atom. The number of nitrogens with zero attached hydrogens (tertiary/aromatic N) is 21. The van der Waals surface area contributed by atoms with Crippen LogP contribution < -0.4 is 23.8 Å². The van der Waals surface area contributed by atoms with Crippen LogP contribution in [0.1, 0.15) is 106 Å². The summed E-state index contributed by atoms with van der Waals surface area (Å²) in [6, 6.07) is 77.6. The molecule has 0 amide bonds. The van der Waals surface area contributed by atoms with Crippen molar-refractivity contribution in [2.45, 2.75) is 80.8 Å². The zero-order chi connectivity index (χ0) is 98.2. The number of benzene rings is 6. The number of pyridine rings is 7. The van der Waals surface area contributed by atoms with Gasteiger partial charge in [-0.2, -0.15) is 0 Å². The lowest BCUT2D eigenvalue weighted by molar-refractivity contribution is 0.146. The molecule has 718 valence electrons. The van der Waals surface area contributed by atoms with Crippen molar-refractivity contribution in [3.05, 3.63) is 339 Å². The fraction of sp³-hybridized carbons (Fsp3) is 0.259. The summed E-state index contributed by atoms with van der Waals surface area (Å²) in [7, 11) is 15.5. The van der Waals surface area contributed by atoms with Crippen molar-refractivity contribution in [3.63, 3.8) is 0 Å². The average Bonchev–Trinajstić information content (AvgIpc) is 1.63. The van der Waals surface area contributed by atoms with E-state index in [-0.39, 0.29) is 0 Å². The first kappa shape index (κ1) is 103. The number of aliphatic imine (C=N–C) groups is 6. The molecular formula is C108H115N21O6S5. The number of methoxy groups -OCH3 is 2. The van der Waals surface area contributed by atoms with Gasteiger partial charge in [-0.15, -0.1) is 56.7 Å². The molecule has 0 fully saturated rings. The summed E-state index contributed by atoms with van der Waals surface area (Å²) in [5.41, 5.74) is 18.9. The molecule has 32 heteroatoms. The molecule has 0 aliphatic rings. The average molecular weight is 1960 g/mol. The van der Waals surface area contributed by atoms with Crippen molar-refractivity contribution >= 4 is 159 Å². The van der Waals surface area contributed by atoms with E-state index in [0.29, 0.717) is 78.9 Å². The van der Waals surface area contributed by atoms with Crippen LogP contribution in [0.3, 0.4) is 0 Å². The summed E-state index contributed by atoms with van der Waals surface area (Å²) in [6.07, 6.45) is 10.7. The summed E-state index contributed by atoms with van der Waals surface area (Å²) >= 11 is 8.31. The van der Waals surface area contributed by atoms with Gasteiger partial charge in [0.05, 0.1) is 178 Å². The van der Waals surface area contributed by atoms with Crippen LogP contribution in [-0.2, 0) is 48.7 Å². The van der Waals surface area contributed by atoms with E-state index < -0.39 is 0 Å². The molecule has 0 aliphatic carbocycles. The van der Waals surface area contributed by atoms with Gasteiger partial charge >= 0.3 is 0 Å². The van der Waals surface area contributed by atoms with Crippen molar-refractivity contribution in [3.8, 4) is 23.0 Å². The molecule has 0 radical (unpaired) electrons. The number of hydrogen-bond donors (Lipinski definition) is 0. The molecule has 0 saturated heterocycles. The number of para-hydroxylation sites is 3. The van der Waals surface area contributed by atoms with E-state index in [0.717, 1.165) is 198 Å². The topological polar surface area (TPSA) is 294 Å². The first-order valence-electron chi connectivity index (χ1n) is 45.5. The SMILES string of the molecule is CC(=NCc1ccc2ccccc2n1)c1ccccn1.CC(=NCc1nc2c(OCCN(C)C)cccc2s1)c1ccccn1.CC(=NCc1nc2ccc(OCCN(C)C)cc2s1)c1ccccn1.CC(=NCc1nc2ccccc2s1)c1cc(N(C)C)ccn1.COCCOc1ccc2nc(CN=C(C)c3ccccn3)sc2c1.COCCOc1ccc2sc(CN=C(C)c3ccccn3)nc2c1. The van der Waals surface area contributed by atoms with Crippen LogP contribution in [0.5, 0.6) is 23.0 Å².